The number of carbonyl (C=O) groups is 1. The maximum Gasteiger partial charge on any atom is 0.241 e. The van der Waals surface area contributed by atoms with Gasteiger partial charge in [-0.25, -0.2) is 9.67 Å². The van der Waals surface area contributed by atoms with Gasteiger partial charge in [0.15, 0.2) is 5.82 Å². The molecule has 7 heteroatoms. The van der Waals surface area contributed by atoms with Crippen molar-refractivity contribution in [3.8, 4) is 5.82 Å². The molecule has 6 nitrogen and oxygen atoms in total. The Bertz CT molecular complexity index is 558. The second-order valence-corrected chi connectivity index (χ2v) is 5.19. The third-order valence-corrected chi connectivity index (χ3v) is 3.38. The summed E-state index contributed by atoms with van der Waals surface area (Å²) in [7, 11) is 0. The molecule has 0 fully saturated rings. The fraction of sp³-hybridized carbons (Fsp3) is 0.308. The SMILES string of the molecule is CSCC[C@H](N)C(=O)Nc1cccnc1-n1cccn1. The lowest BCUT2D eigenvalue weighted by atomic mass is 10.2. The van der Waals surface area contributed by atoms with E-state index in [2.05, 4.69) is 15.4 Å². The molecule has 2 rings (SSSR count). The molecule has 106 valence electrons. The second kappa shape index (κ2) is 7.06. The van der Waals surface area contributed by atoms with Crippen LogP contribution in [0.15, 0.2) is 36.8 Å². The molecule has 1 atom stereocenters. The number of nitrogens with one attached hydrogen (secondary N) is 1. The Morgan fingerprint density at radius 1 is 1.50 bits per heavy atom. The summed E-state index contributed by atoms with van der Waals surface area (Å²) >= 11 is 1.67. The summed E-state index contributed by atoms with van der Waals surface area (Å²) in [5, 5.41) is 6.93. The summed E-state index contributed by atoms with van der Waals surface area (Å²) in [6.07, 6.45) is 7.71. The van der Waals surface area contributed by atoms with Crippen molar-refractivity contribution in [3.05, 3.63) is 36.8 Å². The molecule has 2 aromatic rings. The molecule has 0 aromatic carbocycles. The average Bonchev–Trinajstić information content (AvgIpc) is 2.99. The summed E-state index contributed by atoms with van der Waals surface area (Å²) in [4.78, 5) is 16.3. The van der Waals surface area contributed by atoms with E-state index >= 15 is 0 Å². The molecule has 0 aliphatic heterocycles. The molecular formula is C13H17N5OS. The van der Waals surface area contributed by atoms with E-state index in [9.17, 15) is 4.79 Å². The third-order valence-electron chi connectivity index (χ3n) is 2.74. The molecule has 20 heavy (non-hydrogen) atoms. The van der Waals surface area contributed by atoms with Crippen LogP contribution in [-0.2, 0) is 4.79 Å². The van der Waals surface area contributed by atoms with Crippen LogP contribution in [0.4, 0.5) is 5.69 Å². The molecule has 3 N–H and O–H groups in total. The van der Waals surface area contributed by atoms with Crippen LogP contribution in [-0.4, -0.2) is 38.7 Å². The molecule has 0 aliphatic carbocycles. The Morgan fingerprint density at radius 2 is 2.35 bits per heavy atom. The van der Waals surface area contributed by atoms with Crippen molar-refractivity contribution >= 4 is 23.4 Å². The van der Waals surface area contributed by atoms with Crippen molar-refractivity contribution in [1.82, 2.24) is 14.8 Å². The highest BCUT2D eigenvalue weighted by Gasteiger charge is 2.15. The average molecular weight is 291 g/mol. The van der Waals surface area contributed by atoms with Crippen molar-refractivity contribution in [2.45, 2.75) is 12.5 Å². The summed E-state index contributed by atoms with van der Waals surface area (Å²) in [6, 6.07) is 4.82. The van der Waals surface area contributed by atoms with Crippen molar-refractivity contribution in [1.29, 1.82) is 0 Å². The molecule has 0 radical (unpaired) electrons. The molecule has 1 amide bonds. The molecule has 0 saturated heterocycles. The monoisotopic (exact) mass is 291 g/mol. The molecule has 0 aliphatic rings. The summed E-state index contributed by atoms with van der Waals surface area (Å²) < 4.78 is 1.60. The topological polar surface area (TPSA) is 85.8 Å². The number of rotatable bonds is 6. The van der Waals surface area contributed by atoms with Crippen molar-refractivity contribution < 1.29 is 4.79 Å². The number of hydrogen-bond acceptors (Lipinski definition) is 5. The smallest absolute Gasteiger partial charge is 0.241 e. The minimum Gasteiger partial charge on any atom is -0.322 e. The molecule has 0 unspecified atom stereocenters. The standard InChI is InChI=1S/C13H17N5OS/c1-20-9-5-10(14)13(19)17-11-4-2-6-15-12(11)18-8-3-7-16-18/h2-4,6-8,10H,5,9,14H2,1H3,(H,17,19)/t10-/m0/s1. The second-order valence-electron chi connectivity index (χ2n) is 4.20. The first-order chi connectivity index (χ1) is 9.72. The Balaban J connectivity index is 2.12. The first-order valence-electron chi connectivity index (χ1n) is 6.23. The van der Waals surface area contributed by atoms with Crippen molar-refractivity contribution in [2.75, 3.05) is 17.3 Å². The zero-order valence-corrected chi connectivity index (χ0v) is 12.0. The van der Waals surface area contributed by atoms with E-state index in [0.717, 1.165) is 5.75 Å². The van der Waals surface area contributed by atoms with E-state index in [1.54, 1.807) is 53.2 Å². The zero-order valence-electron chi connectivity index (χ0n) is 11.2. The Morgan fingerprint density at radius 3 is 3.05 bits per heavy atom. The van der Waals surface area contributed by atoms with Crippen LogP contribution in [0, 0.1) is 0 Å². The number of thioether (sulfide) groups is 1. The van der Waals surface area contributed by atoms with Gasteiger partial charge in [0.05, 0.1) is 11.7 Å². The quantitative estimate of drug-likeness (QED) is 0.837. The van der Waals surface area contributed by atoms with Crippen LogP contribution < -0.4 is 11.1 Å². The largest absolute Gasteiger partial charge is 0.322 e. The minimum atomic E-state index is -0.520. The van der Waals surface area contributed by atoms with Crippen LogP contribution in [0.2, 0.25) is 0 Å². The van der Waals surface area contributed by atoms with Crippen LogP contribution in [0.25, 0.3) is 5.82 Å². The van der Waals surface area contributed by atoms with Gasteiger partial charge in [-0.2, -0.15) is 16.9 Å². The number of carbonyl (C=O) groups excluding carboxylic acids is 1. The van der Waals surface area contributed by atoms with Crippen LogP contribution in [0.1, 0.15) is 6.42 Å². The number of aromatic nitrogens is 3. The number of nitrogens with zero attached hydrogens (tertiary/aromatic N) is 3. The van der Waals surface area contributed by atoms with Gasteiger partial charge in [0, 0.05) is 18.6 Å². The van der Waals surface area contributed by atoms with Gasteiger partial charge in [-0.1, -0.05) is 0 Å². The minimum absolute atomic E-state index is 0.208. The van der Waals surface area contributed by atoms with Gasteiger partial charge in [-0.15, -0.1) is 0 Å². The first kappa shape index (κ1) is 14.5. The molecule has 2 heterocycles. The van der Waals surface area contributed by atoms with Gasteiger partial charge >= 0.3 is 0 Å². The summed E-state index contributed by atoms with van der Waals surface area (Å²) in [6.45, 7) is 0. The lowest BCUT2D eigenvalue weighted by Crippen LogP contribution is -2.36. The highest BCUT2D eigenvalue weighted by molar-refractivity contribution is 7.98. The molecule has 2 aromatic heterocycles. The Labute approximate surface area is 121 Å². The van der Waals surface area contributed by atoms with E-state index in [-0.39, 0.29) is 5.91 Å². The molecule has 0 saturated carbocycles. The highest BCUT2D eigenvalue weighted by atomic mass is 32.2. The molecular weight excluding hydrogens is 274 g/mol. The lowest BCUT2D eigenvalue weighted by molar-refractivity contribution is -0.117. The van der Waals surface area contributed by atoms with E-state index < -0.39 is 6.04 Å². The summed E-state index contributed by atoms with van der Waals surface area (Å²) in [5.74, 6) is 1.22. The van der Waals surface area contributed by atoms with Gasteiger partial charge in [0.25, 0.3) is 0 Å². The van der Waals surface area contributed by atoms with Gasteiger partial charge < -0.3 is 11.1 Å². The number of nitrogens with two attached hydrogens (primary N) is 1. The Kier molecular flexibility index (Phi) is 5.14. The van der Waals surface area contributed by atoms with E-state index in [4.69, 9.17) is 5.73 Å². The van der Waals surface area contributed by atoms with Crippen molar-refractivity contribution in [3.63, 3.8) is 0 Å². The van der Waals surface area contributed by atoms with Crippen LogP contribution in [0.3, 0.4) is 0 Å². The van der Waals surface area contributed by atoms with E-state index in [0.29, 0.717) is 17.9 Å². The fourth-order valence-electron chi connectivity index (χ4n) is 1.67. The van der Waals surface area contributed by atoms with Gasteiger partial charge in [0.1, 0.15) is 0 Å². The third kappa shape index (κ3) is 3.58. The highest BCUT2D eigenvalue weighted by Crippen LogP contribution is 2.16. The molecule has 0 spiro atoms. The van der Waals surface area contributed by atoms with Crippen LogP contribution in [0.5, 0.6) is 0 Å². The van der Waals surface area contributed by atoms with Crippen LogP contribution >= 0.6 is 11.8 Å². The first-order valence-corrected chi connectivity index (χ1v) is 7.62. The van der Waals surface area contributed by atoms with E-state index in [1.807, 2.05) is 6.26 Å². The lowest BCUT2D eigenvalue weighted by Gasteiger charge is -2.13. The number of amides is 1. The Hall–Kier alpha value is -1.86. The summed E-state index contributed by atoms with van der Waals surface area (Å²) in [5.41, 5.74) is 6.45. The number of pyridine rings is 1. The van der Waals surface area contributed by atoms with Gasteiger partial charge in [-0.3, -0.25) is 4.79 Å². The maximum atomic E-state index is 12.0. The number of hydrogen-bond donors (Lipinski definition) is 2. The fourth-order valence-corrected chi connectivity index (χ4v) is 2.16. The van der Waals surface area contributed by atoms with Gasteiger partial charge in [-0.05, 0) is 36.6 Å². The van der Waals surface area contributed by atoms with Gasteiger partial charge in [0.2, 0.25) is 5.91 Å². The predicted molar refractivity (Wildman–Crippen MR) is 81.0 cm³/mol. The predicted octanol–water partition coefficient (Wildman–Crippen LogP) is 1.29. The number of anilines is 1. The maximum absolute atomic E-state index is 12.0. The molecule has 0 bridgehead atoms. The normalized spacial score (nSPS) is 12.1. The van der Waals surface area contributed by atoms with E-state index in [1.165, 1.54) is 0 Å². The van der Waals surface area contributed by atoms with Crippen molar-refractivity contribution in [2.24, 2.45) is 5.73 Å². The zero-order chi connectivity index (χ0) is 14.4.